The fourth-order valence-corrected chi connectivity index (χ4v) is 3.32. The first-order valence-electron chi connectivity index (χ1n) is 7.59. The topological polar surface area (TPSA) is 85.1 Å². The molecular weight excluding hydrogens is 338 g/mol. The SMILES string of the molecule is Cc1nc(NC(=O)c2ccccc2)sc1Cc1ccc([N+](=O)[O-])cc1. The van der Waals surface area contributed by atoms with Gasteiger partial charge < -0.3 is 0 Å². The minimum Gasteiger partial charge on any atom is -0.298 e. The van der Waals surface area contributed by atoms with Crippen molar-refractivity contribution in [2.24, 2.45) is 0 Å². The summed E-state index contributed by atoms with van der Waals surface area (Å²) in [7, 11) is 0. The molecule has 1 N–H and O–H groups in total. The smallest absolute Gasteiger partial charge is 0.269 e. The first-order chi connectivity index (χ1) is 12.0. The number of non-ortho nitro benzene ring substituents is 1. The highest BCUT2D eigenvalue weighted by molar-refractivity contribution is 7.15. The van der Waals surface area contributed by atoms with Crippen LogP contribution in [-0.4, -0.2) is 15.8 Å². The molecule has 6 nitrogen and oxygen atoms in total. The molecule has 25 heavy (non-hydrogen) atoms. The van der Waals surface area contributed by atoms with Crippen molar-refractivity contribution in [1.82, 2.24) is 4.98 Å². The Morgan fingerprint density at radius 3 is 2.48 bits per heavy atom. The molecule has 1 aromatic heterocycles. The lowest BCUT2D eigenvalue weighted by molar-refractivity contribution is -0.384. The van der Waals surface area contributed by atoms with Crippen LogP contribution in [0.1, 0.15) is 26.5 Å². The first kappa shape index (κ1) is 16.8. The van der Waals surface area contributed by atoms with Gasteiger partial charge >= 0.3 is 0 Å². The lowest BCUT2D eigenvalue weighted by Gasteiger charge is -2.01. The van der Waals surface area contributed by atoms with Gasteiger partial charge in [-0.15, -0.1) is 11.3 Å². The molecule has 7 heteroatoms. The van der Waals surface area contributed by atoms with E-state index in [1.807, 2.05) is 25.1 Å². The van der Waals surface area contributed by atoms with Gasteiger partial charge in [-0.25, -0.2) is 4.98 Å². The van der Waals surface area contributed by atoms with Crippen LogP contribution in [0.5, 0.6) is 0 Å². The molecule has 0 aliphatic rings. The monoisotopic (exact) mass is 353 g/mol. The number of nitro benzene ring substituents is 1. The predicted octanol–water partition coefficient (Wildman–Crippen LogP) is 4.20. The van der Waals surface area contributed by atoms with Gasteiger partial charge in [0.05, 0.1) is 10.6 Å². The molecule has 3 rings (SSSR count). The normalized spacial score (nSPS) is 10.4. The maximum Gasteiger partial charge on any atom is 0.269 e. The second-order valence-corrected chi connectivity index (χ2v) is 6.53. The third kappa shape index (κ3) is 4.07. The standard InChI is InChI=1S/C18H15N3O3S/c1-12-16(11-13-7-9-15(10-8-13)21(23)24)25-18(19-12)20-17(22)14-5-3-2-4-6-14/h2-10H,11H2,1H3,(H,19,20,22). The Labute approximate surface area is 148 Å². The van der Waals surface area contributed by atoms with E-state index >= 15 is 0 Å². The van der Waals surface area contributed by atoms with E-state index in [2.05, 4.69) is 10.3 Å². The van der Waals surface area contributed by atoms with Gasteiger partial charge in [-0.1, -0.05) is 30.3 Å². The van der Waals surface area contributed by atoms with Crippen LogP contribution in [-0.2, 0) is 6.42 Å². The van der Waals surface area contributed by atoms with Crippen LogP contribution < -0.4 is 5.32 Å². The predicted molar refractivity (Wildman–Crippen MR) is 97.1 cm³/mol. The molecule has 0 radical (unpaired) electrons. The zero-order valence-electron chi connectivity index (χ0n) is 13.4. The number of thiazole rings is 1. The first-order valence-corrected chi connectivity index (χ1v) is 8.40. The number of hydrogen-bond acceptors (Lipinski definition) is 5. The number of anilines is 1. The lowest BCUT2D eigenvalue weighted by atomic mass is 10.1. The van der Waals surface area contributed by atoms with E-state index in [0.717, 1.165) is 16.1 Å². The van der Waals surface area contributed by atoms with Crippen molar-refractivity contribution >= 4 is 28.1 Å². The second kappa shape index (κ2) is 7.23. The number of nitro groups is 1. The van der Waals surface area contributed by atoms with E-state index in [1.54, 1.807) is 24.3 Å². The minimum absolute atomic E-state index is 0.0700. The Bertz CT molecular complexity index is 905. The molecule has 0 saturated heterocycles. The third-order valence-electron chi connectivity index (χ3n) is 3.66. The van der Waals surface area contributed by atoms with Gasteiger partial charge in [0.15, 0.2) is 5.13 Å². The number of benzene rings is 2. The number of nitrogens with one attached hydrogen (secondary N) is 1. The molecule has 0 aliphatic heterocycles. The molecule has 1 heterocycles. The summed E-state index contributed by atoms with van der Waals surface area (Å²) in [6.07, 6.45) is 0.614. The Morgan fingerprint density at radius 1 is 1.16 bits per heavy atom. The van der Waals surface area contributed by atoms with Crippen molar-refractivity contribution in [3.8, 4) is 0 Å². The number of aromatic nitrogens is 1. The number of aryl methyl sites for hydroxylation is 1. The van der Waals surface area contributed by atoms with E-state index in [-0.39, 0.29) is 11.6 Å². The van der Waals surface area contributed by atoms with Crippen LogP contribution in [0, 0.1) is 17.0 Å². The van der Waals surface area contributed by atoms with Crippen LogP contribution in [0.15, 0.2) is 54.6 Å². The molecular formula is C18H15N3O3S. The van der Waals surface area contributed by atoms with E-state index < -0.39 is 4.92 Å². The maximum atomic E-state index is 12.2. The van der Waals surface area contributed by atoms with Gasteiger partial charge in [-0.2, -0.15) is 0 Å². The van der Waals surface area contributed by atoms with Gasteiger partial charge in [0.25, 0.3) is 11.6 Å². The van der Waals surface area contributed by atoms with Gasteiger partial charge in [0.1, 0.15) is 0 Å². The number of amides is 1. The lowest BCUT2D eigenvalue weighted by Crippen LogP contribution is -2.11. The highest BCUT2D eigenvalue weighted by atomic mass is 32.1. The molecule has 0 bridgehead atoms. The molecule has 0 fully saturated rings. The zero-order valence-corrected chi connectivity index (χ0v) is 14.2. The van der Waals surface area contributed by atoms with E-state index in [9.17, 15) is 14.9 Å². The third-order valence-corrected chi connectivity index (χ3v) is 4.73. The average molecular weight is 353 g/mol. The summed E-state index contributed by atoms with van der Waals surface area (Å²) in [6.45, 7) is 1.88. The molecule has 126 valence electrons. The average Bonchev–Trinajstić information content (AvgIpc) is 2.95. The molecule has 3 aromatic rings. The summed E-state index contributed by atoms with van der Waals surface area (Å²) in [5.41, 5.74) is 2.44. The number of rotatable bonds is 5. The van der Waals surface area contributed by atoms with Crippen LogP contribution >= 0.6 is 11.3 Å². The molecule has 0 atom stereocenters. The number of nitrogens with zero attached hydrogens (tertiary/aromatic N) is 2. The number of carbonyl (C=O) groups is 1. The van der Waals surface area contributed by atoms with Crippen LogP contribution in [0.4, 0.5) is 10.8 Å². The highest BCUT2D eigenvalue weighted by Crippen LogP contribution is 2.26. The van der Waals surface area contributed by atoms with Crippen LogP contribution in [0.2, 0.25) is 0 Å². The van der Waals surface area contributed by atoms with Gasteiger partial charge in [-0.05, 0) is 24.6 Å². The second-order valence-electron chi connectivity index (χ2n) is 5.45. The maximum absolute atomic E-state index is 12.2. The molecule has 0 spiro atoms. The summed E-state index contributed by atoms with van der Waals surface area (Å²) in [4.78, 5) is 27.9. The van der Waals surface area contributed by atoms with E-state index in [4.69, 9.17) is 0 Å². The van der Waals surface area contributed by atoms with Crippen LogP contribution in [0.25, 0.3) is 0 Å². The molecule has 2 aromatic carbocycles. The number of carbonyl (C=O) groups excluding carboxylic acids is 1. The fraction of sp³-hybridized carbons (Fsp3) is 0.111. The van der Waals surface area contributed by atoms with Crippen molar-refractivity contribution in [1.29, 1.82) is 0 Å². The Hall–Kier alpha value is -3.06. The molecule has 0 aliphatic carbocycles. The minimum atomic E-state index is -0.418. The summed E-state index contributed by atoms with van der Waals surface area (Å²) < 4.78 is 0. The molecule has 1 amide bonds. The van der Waals surface area contributed by atoms with Crippen molar-refractivity contribution in [3.63, 3.8) is 0 Å². The molecule has 0 saturated carbocycles. The highest BCUT2D eigenvalue weighted by Gasteiger charge is 2.13. The van der Waals surface area contributed by atoms with Crippen molar-refractivity contribution in [2.75, 3.05) is 5.32 Å². The summed E-state index contributed by atoms with van der Waals surface area (Å²) in [6, 6.07) is 15.4. The van der Waals surface area contributed by atoms with E-state index in [1.165, 1.54) is 23.5 Å². The number of hydrogen-bond donors (Lipinski definition) is 1. The Morgan fingerprint density at radius 2 is 1.84 bits per heavy atom. The fourth-order valence-electron chi connectivity index (χ4n) is 2.33. The molecule has 0 unspecified atom stereocenters. The zero-order chi connectivity index (χ0) is 17.8. The van der Waals surface area contributed by atoms with Gasteiger partial charge in [0, 0.05) is 29.0 Å². The van der Waals surface area contributed by atoms with Gasteiger partial charge in [0.2, 0.25) is 0 Å². The van der Waals surface area contributed by atoms with Gasteiger partial charge in [-0.3, -0.25) is 20.2 Å². The largest absolute Gasteiger partial charge is 0.298 e. The van der Waals surface area contributed by atoms with Crippen LogP contribution in [0.3, 0.4) is 0 Å². The Kier molecular flexibility index (Phi) is 4.85. The van der Waals surface area contributed by atoms with Crippen molar-refractivity contribution in [3.05, 3.63) is 86.4 Å². The quantitative estimate of drug-likeness (QED) is 0.550. The summed E-state index contributed by atoms with van der Waals surface area (Å²) >= 11 is 1.41. The summed E-state index contributed by atoms with van der Waals surface area (Å²) in [5, 5.41) is 14.1. The van der Waals surface area contributed by atoms with E-state index in [0.29, 0.717) is 17.1 Å². The van der Waals surface area contributed by atoms with Crippen molar-refractivity contribution < 1.29 is 9.72 Å². The summed E-state index contributed by atoms with van der Waals surface area (Å²) in [5.74, 6) is -0.198. The van der Waals surface area contributed by atoms with Crippen molar-refractivity contribution in [2.45, 2.75) is 13.3 Å². The Balaban J connectivity index is 1.72.